The first-order valence-corrected chi connectivity index (χ1v) is 12.8. The molecule has 0 aliphatic heterocycles. The van der Waals surface area contributed by atoms with Gasteiger partial charge in [-0.15, -0.1) is 11.3 Å². The van der Waals surface area contributed by atoms with Crippen LogP contribution in [0.1, 0.15) is 52.5 Å². The van der Waals surface area contributed by atoms with Gasteiger partial charge in [0.15, 0.2) is 11.5 Å². The van der Waals surface area contributed by atoms with E-state index >= 15 is 0 Å². The molecule has 1 aromatic heterocycles. The molecule has 1 heterocycles. The first-order chi connectivity index (χ1) is 17.5. The Morgan fingerprint density at radius 2 is 1.86 bits per heavy atom. The van der Waals surface area contributed by atoms with Crippen molar-refractivity contribution in [2.45, 2.75) is 46.1 Å². The van der Waals surface area contributed by atoms with E-state index in [-0.39, 0.29) is 5.57 Å². The van der Waals surface area contributed by atoms with Crippen molar-refractivity contribution < 1.29 is 14.3 Å². The van der Waals surface area contributed by atoms with Crippen molar-refractivity contribution in [1.29, 1.82) is 10.5 Å². The molecular weight excluding hydrogens is 470 g/mol. The maximum atomic E-state index is 12.9. The largest absolute Gasteiger partial charge is 0.490 e. The number of aryl methyl sites for hydroxylation is 2. The number of hydrogen-bond acceptors (Lipinski definition) is 6. The second kappa shape index (κ2) is 11.6. The zero-order valence-electron chi connectivity index (χ0n) is 20.4. The van der Waals surface area contributed by atoms with Crippen LogP contribution in [0.15, 0.2) is 48.0 Å². The summed E-state index contributed by atoms with van der Waals surface area (Å²) in [5, 5.41) is 22.6. The Labute approximate surface area is 215 Å². The Morgan fingerprint density at radius 1 is 1.08 bits per heavy atom. The number of thiophene rings is 1. The molecule has 1 amide bonds. The fourth-order valence-electron chi connectivity index (χ4n) is 4.11. The highest BCUT2D eigenvalue weighted by Crippen LogP contribution is 2.38. The van der Waals surface area contributed by atoms with Crippen LogP contribution in [0.2, 0.25) is 0 Å². The van der Waals surface area contributed by atoms with Crippen molar-refractivity contribution in [1.82, 2.24) is 0 Å². The lowest BCUT2D eigenvalue weighted by atomic mass is 9.96. The first kappa shape index (κ1) is 25.0. The molecule has 0 fully saturated rings. The number of carbonyl (C=O) groups is 1. The summed E-state index contributed by atoms with van der Waals surface area (Å²) in [6.45, 7) is 4.76. The van der Waals surface area contributed by atoms with Gasteiger partial charge in [0.25, 0.3) is 5.91 Å². The van der Waals surface area contributed by atoms with E-state index in [0.29, 0.717) is 40.8 Å². The molecule has 6 nitrogen and oxygen atoms in total. The molecule has 1 aliphatic rings. The molecule has 1 N–H and O–H groups in total. The van der Waals surface area contributed by atoms with Gasteiger partial charge in [-0.2, -0.15) is 10.5 Å². The van der Waals surface area contributed by atoms with Crippen molar-refractivity contribution in [3.8, 4) is 23.6 Å². The lowest BCUT2D eigenvalue weighted by molar-refractivity contribution is -0.112. The lowest BCUT2D eigenvalue weighted by Gasteiger charge is -2.13. The number of carbonyl (C=O) groups excluding carboxylic acids is 1. The highest BCUT2D eigenvalue weighted by Gasteiger charge is 2.22. The highest BCUT2D eigenvalue weighted by molar-refractivity contribution is 7.16. The summed E-state index contributed by atoms with van der Waals surface area (Å²) in [6, 6.07) is 17.6. The van der Waals surface area contributed by atoms with Crippen LogP contribution in [-0.2, 0) is 24.2 Å². The second-order valence-corrected chi connectivity index (χ2v) is 9.67. The number of ether oxygens (including phenoxy) is 2. The molecule has 0 saturated heterocycles. The number of rotatable bonds is 8. The summed E-state index contributed by atoms with van der Waals surface area (Å²) < 4.78 is 11.7. The van der Waals surface area contributed by atoms with Gasteiger partial charge in [0.05, 0.1) is 12.2 Å². The molecule has 0 atom stereocenters. The van der Waals surface area contributed by atoms with Crippen molar-refractivity contribution >= 4 is 28.3 Å². The molecule has 0 saturated carbocycles. The SMILES string of the molecule is CCOc1cc(C=C(C#N)C(=O)Nc2sc3c(c2C#N)CCCC3)ccc1OCc1ccc(C)cc1. The molecule has 0 spiro atoms. The predicted octanol–water partition coefficient (Wildman–Crippen LogP) is 6.33. The third-order valence-electron chi connectivity index (χ3n) is 5.97. The van der Waals surface area contributed by atoms with Gasteiger partial charge < -0.3 is 14.8 Å². The fraction of sp³-hybridized carbons (Fsp3) is 0.276. The zero-order chi connectivity index (χ0) is 25.5. The van der Waals surface area contributed by atoms with E-state index < -0.39 is 5.91 Å². The van der Waals surface area contributed by atoms with E-state index in [1.165, 1.54) is 23.0 Å². The van der Waals surface area contributed by atoms with Gasteiger partial charge in [-0.05, 0) is 74.4 Å². The van der Waals surface area contributed by atoms with Gasteiger partial charge in [0, 0.05) is 4.88 Å². The smallest absolute Gasteiger partial charge is 0.266 e. The van der Waals surface area contributed by atoms with Gasteiger partial charge in [0.1, 0.15) is 29.3 Å². The Morgan fingerprint density at radius 3 is 2.58 bits per heavy atom. The number of nitrogens with zero attached hydrogens (tertiary/aromatic N) is 2. The molecule has 0 radical (unpaired) electrons. The van der Waals surface area contributed by atoms with Crippen LogP contribution in [0.3, 0.4) is 0 Å². The molecule has 3 aromatic rings. The zero-order valence-corrected chi connectivity index (χ0v) is 21.2. The fourth-order valence-corrected chi connectivity index (χ4v) is 5.34. The minimum atomic E-state index is -0.537. The molecular formula is C29H27N3O3S. The quantitative estimate of drug-likeness (QED) is 0.290. The third kappa shape index (κ3) is 5.76. The molecule has 4 rings (SSSR count). The number of fused-ring (bicyclic) bond motifs is 1. The Kier molecular flexibility index (Phi) is 8.05. The number of nitrogens with one attached hydrogen (secondary N) is 1. The molecule has 182 valence electrons. The van der Waals surface area contributed by atoms with Crippen LogP contribution in [-0.4, -0.2) is 12.5 Å². The summed E-state index contributed by atoms with van der Waals surface area (Å²) in [7, 11) is 0. The van der Waals surface area contributed by atoms with Crippen molar-refractivity contribution in [2.75, 3.05) is 11.9 Å². The van der Waals surface area contributed by atoms with Gasteiger partial charge in [-0.3, -0.25) is 4.79 Å². The maximum Gasteiger partial charge on any atom is 0.266 e. The lowest BCUT2D eigenvalue weighted by Crippen LogP contribution is -2.13. The van der Waals surface area contributed by atoms with Crippen LogP contribution in [0, 0.1) is 29.6 Å². The standard InChI is InChI=1S/C29H27N3O3S/c1-3-34-26-15-21(12-13-25(26)35-18-20-10-8-19(2)9-11-20)14-22(16-30)28(33)32-29-24(17-31)23-6-4-5-7-27(23)36-29/h8-15H,3-7,18H2,1-2H3,(H,32,33). The minimum Gasteiger partial charge on any atom is -0.490 e. The molecule has 36 heavy (non-hydrogen) atoms. The molecule has 1 aliphatic carbocycles. The van der Waals surface area contributed by atoms with E-state index in [2.05, 4.69) is 11.4 Å². The van der Waals surface area contributed by atoms with Crippen molar-refractivity contribution in [3.63, 3.8) is 0 Å². The number of anilines is 1. The van der Waals surface area contributed by atoms with E-state index in [0.717, 1.165) is 41.7 Å². The normalized spacial score (nSPS) is 12.7. The van der Waals surface area contributed by atoms with Crippen LogP contribution < -0.4 is 14.8 Å². The van der Waals surface area contributed by atoms with E-state index in [1.54, 1.807) is 18.2 Å². The van der Waals surface area contributed by atoms with Crippen molar-refractivity contribution in [3.05, 3.63) is 80.7 Å². The van der Waals surface area contributed by atoms with Gasteiger partial charge in [0.2, 0.25) is 0 Å². The van der Waals surface area contributed by atoms with E-state index in [1.807, 2.05) is 44.2 Å². The Bertz CT molecular complexity index is 1370. The molecule has 7 heteroatoms. The van der Waals surface area contributed by atoms with Crippen LogP contribution in [0.4, 0.5) is 5.00 Å². The van der Waals surface area contributed by atoms with Gasteiger partial charge in [-0.25, -0.2) is 0 Å². The molecule has 0 bridgehead atoms. The Balaban J connectivity index is 1.52. The number of benzene rings is 2. The van der Waals surface area contributed by atoms with Crippen LogP contribution >= 0.6 is 11.3 Å². The molecule has 0 unspecified atom stereocenters. The number of amides is 1. The number of nitriles is 2. The first-order valence-electron chi connectivity index (χ1n) is 11.9. The second-order valence-electron chi connectivity index (χ2n) is 8.56. The minimum absolute atomic E-state index is 0.0546. The van der Waals surface area contributed by atoms with Crippen LogP contribution in [0.25, 0.3) is 6.08 Å². The topological polar surface area (TPSA) is 95.1 Å². The summed E-state index contributed by atoms with van der Waals surface area (Å²) >= 11 is 1.44. The average Bonchev–Trinajstić information content (AvgIpc) is 3.24. The highest BCUT2D eigenvalue weighted by atomic mass is 32.1. The van der Waals surface area contributed by atoms with Gasteiger partial charge >= 0.3 is 0 Å². The summed E-state index contributed by atoms with van der Waals surface area (Å²) in [5.41, 5.74) is 4.37. The molecule has 2 aromatic carbocycles. The maximum absolute atomic E-state index is 12.9. The van der Waals surface area contributed by atoms with Gasteiger partial charge in [-0.1, -0.05) is 35.9 Å². The number of hydrogen-bond donors (Lipinski definition) is 1. The van der Waals surface area contributed by atoms with E-state index in [9.17, 15) is 15.3 Å². The third-order valence-corrected chi connectivity index (χ3v) is 7.18. The summed E-state index contributed by atoms with van der Waals surface area (Å²) in [6.07, 6.45) is 5.42. The monoisotopic (exact) mass is 497 g/mol. The predicted molar refractivity (Wildman–Crippen MR) is 141 cm³/mol. The Hall–Kier alpha value is -4.07. The summed E-state index contributed by atoms with van der Waals surface area (Å²) in [4.78, 5) is 14.1. The van der Waals surface area contributed by atoms with Crippen LogP contribution in [0.5, 0.6) is 11.5 Å². The van der Waals surface area contributed by atoms with E-state index in [4.69, 9.17) is 9.47 Å². The summed E-state index contributed by atoms with van der Waals surface area (Å²) in [5.74, 6) is 0.583. The average molecular weight is 498 g/mol. The van der Waals surface area contributed by atoms with Crippen molar-refractivity contribution in [2.24, 2.45) is 0 Å².